The van der Waals surface area contributed by atoms with Crippen molar-refractivity contribution in [3.63, 3.8) is 0 Å². The molecule has 2 aromatic heterocycles. The molecule has 2 N–H and O–H groups in total. The predicted molar refractivity (Wildman–Crippen MR) is 73.0 cm³/mol. The molecule has 0 saturated heterocycles. The Bertz CT molecular complexity index is 748. The number of anilines is 1. The summed E-state index contributed by atoms with van der Waals surface area (Å²) in [6, 6.07) is 10.9. The van der Waals surface area contributed by atoms with Crippen molar-refractivity contribution >= 4 is 22.5 Å². The van der Waals surface area contributed by atoms with E-state index in [1.54, 1.807) is 12.3 Å². The Balaban J connectivity index is 1.86. The van der Waals surface area contributed by atoms with Gasteiger partial charge in [0, 0.05) is 16.8 Å². The molecular formula is C14H12N4O. The number of hydrogen-bond donors (Lipinski definition) is 2. The fraction of sp³-hybridized carbons (Fsp3) is 0.0714. The zero-order valence-electron chi connectivity index (χ0n) is 10.3. The van der Waals surface area contributed by atoms with E-state index < -0.39 is 0 Å². The van der Waals surface area contributed by atoms with Crippen LogP contribution in [0, 0.1) is 6.92 Å². The highest BCUT2D eigenvalue weighted by molar-refractivity contribution is 6.03. The normalized spacial score (nSPS) is 10.6. The Morgan fingerprint density at radius 2 is 2.16 bits per heavy atom. The number of benzene rings is 1. The van der Waals surface area contributed by atoms with Crippen LogP contribution in [0.4, 0.5) is 5.69 Å². The van der Waals surface area contributed by atoms with Gasteiger partial charge in [-0.15, -0.1) is 0 Å². The minimum Gasteiger partial charge on any atom is -0.321 e. The number of nitrogens with zero attached hydrogens (tertiary/aromatic N) is 2. The number of amides is 1. The maximum atomic E-state index is 12.0. The molecule has 19 heavy (non-hydrogen) atoms. The monoisotopic (exact) mass is 252 g/mol. The number of carbonyl (C=O) groups is 1. The second kappa shape index (κ2) is 4.53. The first-order valence-corrected chi connectivity index (χ1v) is 5.90. The van der Waals surface area contributed by atoms with E-state index in [1.807, 2.05) is 37.3 Å². The molecule has 1 amide bonds. The summed E-state index contributed by atoms with van der Waals surface area (Å²) in [5.74, 6) is -0.220. The van der Waals surface area contributed by atoms with E-state index in [4.69, 9.17) is 0 Å². The van der Waals surface area contributed by atoms with Crippen molar-refractivity contribution in [2.24, 2.45) is 0 Å². The van der Waals surface area contributed by atoms with Gasteiger partial charge in [-0.25, -0.2) is 4.98 Å². The molecule has 0 aliphatic carbocycles. The third kappa shape index (κ3) is 2.30. The van der Waals surface area contributed by atoms with Crippen LogP contribution in [0.5, 0.6) is 0 Å². The standard InChI is InChI=1S/C14H12N4O/c1-9-3-2-4-12(16-9)14(19)17-11-6-5-10-8-15-18-13(10)7-11/h2-8H,1H3,(H,15,18)(H,17,19). The van der Waals surface area contributed by atoms with Crippen molar-refractivity contribution in [1.29, 1.82) is 0 Å². The fourth-order valence-electron chi connectivity index (χ4n) is 1.88. The van der Waals surface area contributed by atoms with Crippen molar-refractivity contribution in [1.82, 2.24) is 15.2 Å². The van der Waals surface area contributed by atoms with Gasteiger partial charge in [0.2, 0.25) is 0 Å². The maximum absolute atomic E-state index is 12.0. The van der Waals surface area contributed by atoms with E-state index in [1.165, 1.54) is 0 Å². The van der Waals surface area contributed by atoms with Gasteiger partial charge in [-0.3, -0.25) is 9.89 Å². The zero-order valence-corrected chi connectivity index (χ0v) is 10.3. The lowest BCUT2D eigenvalue weighted by Gasteiger charge is -2.05. The van der Waals surface area contributed by atoms with Crippen molar-refractivity contribution in [3.8, 4) is 0 Å². The van der Waals surface area contributed by atoms with Crippen molar-refractivity contribution in [2.75, 3.05) is 5.32 Å². The molecular weight excluding hydrogens is 240 g/mol. The van der Waals surface area contributed by atoms with Crippen LogP contribution in [0.2, 0.25) is 0 Å². The highest BCUT2D eigenvalue weighted by atomic mass is 16.1. The van der Waals surface area contributed by atoms with Gasteiger partial charge in [-0.2, -0.15) is 5.10 Å². The average molecular weight is 252 g/mol. The lowest BCUT2D eigenvalue weighted by molar-refractivity contribution is 0.102. The van der Waals surface area contributed by atoms with Crippen LogP contribution in [0.1, 0.15) is 16.2 Å². The molecule has 2 heterocycles. The molecule has 0 fully saturated rings. The number of nitrogens with one attached hydrogen (secondary N) is 2. The van der Waals surface area contributed by atoms with E-state index in [-0.39, 0.29) is 5.91 Å². The Kier molecular flexibility index (Phi) is 2.72. The van der Waals surface area contributed by atoms with Gasteiger partial charge < -0.3 is 5.32 Å². The van der Waals surface area contributed by atoms with E-state index in [9.17, 15) is 4.79 Å². The van der Waals surface area contributed by atoms with Crippen molar-refractivity contribution in [3.05, 3.63) is 54.0 Å². The number of fused-ring (bicyclic) bond motifs is 1. The summed E-state index contributed by atoms with van der Waals surface area (Å²) < 4.78 is 0. The van der Waals surface area contributed by atoms with Crippen LogP contribution in [0.15, 0.2) is 42.6 Å². The van der Waals surface area contributed by atoms with Gasteiger partial charge >= 0.3 is 0 Å². The van der Waals surface area contributed by atoms with E-state index in [0.29, 0.717) is 11.4 Å². The van der Waals surface area contributed by atoms with E-state index in [2.05, 4.69) is 20.5 Å². The molecule has 0 spiro atoms. The van der Waals surface area contributed by atoms with E-state index >= 15 is 0 Å². The Morgan fingerprint density at radius 3 is 3.00 bits per heavy atom. The molecule has 3 rings (SSSR count). The zero-order chi connectivity index (χ0) is 13.2. The van der Waals surface area contributed by atoms with E-state index in [0.717, 1.165) is 16.6 Å². The lowest BCUT2D eigenvalue weighted by atomic mass is 10.2. The number of pyridine rings is 1. The van der Waals surface area contributed by atoms with Crippen LogP contribution in [-0.2, 0) is 0 Å². The number of rotatable bonds is 2. The molecule has 1 aromatic carbocycles. The first-order chi connectivity index (χ1) is 9.22. The molecule has 0 atom stereocenters. The van der Waals surface area contributed by atoms with Gasteiger partial charge in [-0.1, -0.05) is 6.07 Å². The van der Waals surface area contributed by atoms with Gasteiger partial charge in [0.25, 0.3) is 5.91 Å². The summed E-state index contributed by atoms with van der Waals surface area (Å²) in [4.78, 5) is 16.2. The summed E-state index contributed by atoms with van der Waals surface area (Å²) in [6.45, 7) is 1.85. The van der Waals surface area contributed by atoms with Crippen LogP contribution >= 0.6 is 0 Å². The molecule has 0 saturated carbocycles. The third-order valence-corrected chi connectivity index (χ3v) is 2.82. The molecule has 0 radical (unpaired) electrons. The third-order valence-electron chi connectivity index (χ3n) is 2.82. The maximum Gasteiger partial charge on any atom is 0.274 e. The number of hydrogen-bond acceptors (Lipinski definition) is 3. The number of aromatic amines is 1. The molecule has 0 bridgehead atoms. The van der Waals surface area contributed by atoms with Crippen LogP contribution in [0.25, 0.3) is 10.9 Å². The lowest BCUT2D eigenvalue weighted by Crippen LogP contribution is -2.13. The first kappa shape index (κ1) is 11.4. The Hall–Kier alpha value is -2.69. The predicted octanol–water partition coefficient (Wildman–Crippen LogP) is 2.52. The smallest absolute Gasteiger partial charge is 0.274 e. The minimum atomic E-state index is -0.220. The first-order valence-electron chi connectivity index (χ1n) is 5.90. The highest BCUT2D eigenvalue weighted by Crippen LogP contribution is 2.17. The summed E-state index contributed by atoms with van der Waals surface area (Å²) in [5.41, 5.74) is 2.82. The minimum absolute atomic E-state index is 0.220. The van der Waals surface area contributed by atoms with Gasteiger partial charge in [-0.05, 0) is 37.3 Å². The van der Waals surface area contributed by atoms with Gasteiger partial charge in [0.1, 0.15) is 5.69 Å². The number of aryl methyl sites for hydroxylation is 1. The van der Waals surface area contributed by atoms with Crippen LogP contribution in [0.3, 0.4) is 0 Å². The largest absolute Gasteiger partial charge is 0.321 e. The summed E-state index contributed by atoms with van der Waals surface area (Å²) >= 11 is 0. The molecule has 94 valence electrons. The second-order valence-electron chi connectivity index (χ2n) is 4.29. The number of carbonyl (C=O) groups excluding carboxylic acids is 1. The summed E-state index contributed by atoms with van der Waals surface area (Å²) in [7, 11) is 0. The highest BCUT2D eigenvalue weighted by Gasteiger charge is 2.08. The molecule has 0 unspecified atom stereocenters. The van der Waals surface area contributed by atoms with Crippen molar-refractivity contribution in [2.45, 2.75) is 6.92 Å². The van der Waals surface area contributed by atoms with Gasteiger partial charge in [0.05, 0.1) is 11.7 Å². The molecule has 3 aromatic rings. The van der Waals surface area contributed by atoms with Crippen LogP contribution < -0.4 is 5.32 Å². The van der Waals surface area contributed by atoms with Crippen LogP contribution in [-0.4, -0.2) is 21.1 Å². The number of aromatic nitrogens is 3. The fourth-order valence-corrected chi connectivity index (χ4v) is 1.88. The summed E-state index contributed by atoms with van der Waals surface area (Å²) in [5, 5.41) is 10.6. The Labute approximate surface area is 109 Å². The van der Waals surface area contributed by atoms with Crippen molar-refractivity contribution < 1.29 is 4.79 Å². The topological polar surface area (TPSA) is 70.7 Å². The number of H-pyrrole nitrogens is 1. The Morgan fingerprint density at radius 1 is 1.26 bits per heavy atom. The average Bonchev–Trinajstić information content (AvgIpc) is 2.86. The summed E-state index contributed by atoms with van der Waals surface area (Å²) in [6.07, 6.45) is 1.74. The molecule has 0 aliphatic rings. The quantitative estimate of drug-likeness (QED) is 0.736. The molecule has 5 nitrogen and oxygen atoms in total. The SMILES string of the molecule is Cc1cccc(C(=O)Nc2ccc3cn[nH]c3c2)n1. The molecule has 0 aliphatic heterocycles. The second-order valence-corrected chi connectivity index (χ2v) is 4.29. The molecule has 5 heteroatoms. The van der Waals surface area contributed by atoms with Gasteiger partial charge in [0.15, 0.2) is 0 Å².